The normalized spacial score (nSPS) is 26.1. The molecule has 1 fully saturated rings. The highest BCUT2D eigenvalue weighted by Crippen LogP contribution is 2.48. The van der Waals surface area contributed by atoms with Crippen molar-refractivity contribution in [2.24, 2.45) is 0 Å². The minimum absolute atomic E-state index is 0.0319. The van der Waals surface area contributed by atoms with Gasteiger partial charge in [0.25, 0.3) is 5.91 Å². The van der Waals surface area contributed by atoms with E-state index < -0.39 is 0 Å². The van der Waals surface area contributed by atoms with E-state index in [2.05, 4.69) is 11.1 Å². The lowest BCUT2D eigenvalue weighted by atomic mass is 9.94. The highest BCUT2D eigenvalue weighted by Gasteiger charge is 2.50. The van der Waals surface area contributed by atoms with Crippen molar-refractivity contribution in [3.05, 3.63) is 58.8 Å². The van der Waals surface area contributed by atoms with Crippen LogP contribution in [0.4, 0.5) is 5.13 Å². The van der Waals surface area contributed by atoms with Gasteiger partial charge in [-0.1, -0.05) is 24.3 Å². The van der Waals surface area contributed by atoms with E-state index in [1.165, 1.54) is 16.9 Å². The molecule has 2 heterocycles. The van der Waals surface area contributed by atoms with Crippen LogP contribution in [0.3, 0.4) is 0 Å². The minimum Gasteiger partial charge on any atom is -0.515 e. The van der Waals surface area contributed by atoms with Crippen LogP contribution in [-0.2, 0) is 11.2 Å². The molecular weight excluding hydrogens is 272 g/mol. The van der Waals surface area contributed by atoms with Gasteiger partial charge in [-0.25, -0.2) is 4.98 Å². The van der Waals surface area contributed by atoms with Crippen LogP contribution in [0.5, 0.6) is 0 Å². The van der Waals surface area contributed by atoms with Crippen molar-refractivity contribution in [1.82, 2.24) is 4.98 Å². The van der Waals surface area contributed by atoms with E-state index in [1.807, 2.05) is 23.6 Å². The predicted octanol–water partition coefficient (Wildman–Crippen LogP) is 2.64. The number of fused-ring (bicyclic) bond motifs is 3. The Balaban J connectivity index is 1.87. The summed E-state index contributed by atoms with van der Waals surface area (Å²) in [6, 6.07) is 8.16. The van der Waals surface area contributed by atoms with Crippen LogP contribution in [0.15, 0.2) is 47.7 Å². The second-order valence-electron chi connectivity index (χ2n) is 5.02. The van der Waals surface area contributed by atoms with Crippen LogP contribution in [0.1, 0.15) is 17.0 Å². The van der Waals surface area contributed by atoms with Gasteiger partial charge >= 0.3 is 0 Å². The molecule has 0 spiro atoms. The van der Waals surface area contributed by atoms with Crippen molar-refractivity contribution >= 4 is 22.4 Å². The fourth-order valence-electron chi connectivity index (χ4n) is 3.31. The highest BCUT2D eigenvalue weighted by atomic mass is 32.1. The van der Waals surface area contributed by atoms with Crippen LogP contribution in [0, 0.1) is 0 Å². The predicted molar refractivity (Wildman–Crippen MR) is 77.0 cm³/mol. The Kier molecular flexibility index (Phi) is 2.44. The Hall–Kier alpha value is -2.14. The number of hydrogen-bond acceptors (Lipinski definition) is 4. The number of nitrogens with zero attached hydrogens (tertiary/aromatic N) is 2. The molecule has 2 unspecified atom stereocenters. The monoisotopic (exact) mass is 284 g/mol. The van der Waals surface area contributed by atoms with Gasteiger partial charge in [0.15, 0.2) is 5.13 Å². The fraction of sp³-hybridized carbons (Fsp3) is 0.200. The molecule has 0 radical (unpaired) electrons. The number of aromatic nitrogens is 1. The zero-order valence-electron chi connectivity index (χ0n) is 10.6. The SMILES string of the molecule is O=C1/C(=C/O)C2c3ccccc3CC2N1c1nccs1. The van der Waals surface area contributed by atoms with Gasteiger partial charge in [0.2, 0.25) is 0 Å². The van der Waals surface area contributed by atoms with Crippen LogP contribution in [0.25, 0.3) is 0 Å². The maximum atomic E-state index is 12.5. The number of thiazole rings is 1. The highest BCUT2D eigenvalue weighted by molar-refractivity contribution is 7.13. The van der Waals surface area contributed by atoms with Gasteiger partial charge < -0.3 is 5.11 Å². The summed E-state index contributed by atoms with van der Waals surface area (Å²) in [7, 11) is 0. The molecule has 4 nitrogen and oxygen atoms in total. The number of carbonyl (C=O) groups is 1. The molecule has 2 aromatic rings. The number of hydrogen-bond donors (Lipinski definition) is 1. The third kappa shape index (κ3) is 1.41. The molecule has 5 heteroatoms. The van der Waals surface area contributed by atoms with E-state index in [-0.39, 0.29) is 17.9 Å². The molecule has 4 rings (SSSR count). The molecule has 0 bridgehead atoms. The summed E-state index contributed by atoms with van der Waals surface area (Å²) in [4.78, 5) is 18.5. The number of aliphatic hydroxyl groups excluding tert-OH is 1. The van der Waals surface area contributed by atoms with E-state index >= 15 is 0 Å². The summed E-state index contributed by atoms with van der Waals surface area (Å²) in [5, 5.41) is 12.1. The Bertz CT molecular complexity index is 708. The average molecular weight is 284 g/mol. The molecular formula is C15H12N2O2S. The molecule has 1 aliphatic carbocycles. The lowest BCUT2D eigenvalue weighted by molar-refractivity contribution is -0.114. The Labute approximate surface area is 120 Å². The third-order valence-electron chi connectivity index (χ3n) is 4.10. The second kappa shape index (κ2) is 4.18. The summed E-state index contributed by atoms with van der Waals surface area (Å²) in [5.41, 5.74) is 2.86. The first-order chi connectivity index (χ1) is 9.81. The first-order valence-corrected chi connectivity index (χ1v) is 7.34. The van der Waals surface area contributed by atoms with Crippen LogP contribution < -0.4 is 4.90 Å². The lowest BCUT2D eigenvalue weighted by Crippen LogP contribution is -2.34. The maximum absolute atomic E-state index is 12.5. The molecule has 2 aliphatic rings. The van der Waals surface area contributed by atoms with Crippen molar-refractivity contribution in [3.63, 3.8) is 0 Å². The number of amides is 1. The number of carbonyl (C=O) groups excluding carboxylic acids is 1. The van der Waals surface area contributed by atoms with Gasteiger partial charge in [-0.15, -0.1) is 11.3 Å². The van der Waals surface area contributed by atoms with Gasteiger partial charge in [-0.3, -0.25) is 9.69 Å². The molecule has 1 saturated heterocycles. The molecule has 1 aliphatic heterocycles. The van der Waals surface area contributed by atoms with Crippen molar-refractivity contribution in [2.75, 3.05) is 4.90 Å². The molecule has 1 amide bonds. The largest absolute Gasteiger partial charge is 0.515 e. The van der Waals surface area contributed by atoms with Gasteiger partial charge in [0, 0.05) is 17.5 Å². The molecule has 1 N–H and O–H groups in total. The molecule has 1 aromatic heterocycles. The Morgan fingerprint density at radius 2 is 2.25 bits per heavy atom. The molecule has 2 atom stereocenters. The summed E-state index contributed by atoms with van der Waals surface area (Å²) in [5.74, 6) is -0.181. The summed E-state index contributed by atoms with van der Waals surface area (Å²) in [6.45, 7) is 0. The number of benzene rings is 1. The maximum Gasteiger partial charge on any atom is 0.260 e. The number of aliphatic hydroxyl groups is 1. The minimum atomic E-state index is -0.132. The van der Waals surface area contributed by atoms with Crippen LogP contribution in [0.2, 0.25) is 0 Å². The van der Waals surface area contributed by atoms with E-state index in [9.17, 15) is 9.90 Å². The van der Waals surface area contributed by atoms with Crippen molar-refractivity contribution in [1.29, 1.82) is 0 Å². The topological polar surface area (TPSA) is 53.4 Å². The van der Waals surface area contributed by atoms with E-state index in [1.54, 1.807) is 11.1 Å². The second-order valence-corrected chi connectivity index (χ2v) is 5.90. The van der Waals surface area contributed by atoms with Crippen molar-refractivity contribution in [3.8, 4) is 0 Å². The van der Waals surface area contributed by atoms with Crippen LogP contribution >= 0.6 is 11.3 Å². The summed E-state index contributed by atoms with van der Waals surface area (Å²) in [6.07, 6.45) is 3.48. The summed E-state index contributed by atoms with van der Waals surface area (Å²) >= 11 is 1.45. The zero-order valence-corrected chi connectivity index (χ0v) is 11.4. The quantitative estimate of drug-likeness (QED) is 0.647. The molecule has 1 aromatic carbocycles. The first-order valence-electron chi connectivity index (χ1n) is 6.46. The van der Waals surface area contributed by atoms with E-state index in [0.29, 0.717) is 10.7 Å². The molecule has 20 heavy (non-hydrogen) atoms. The van der Waals surface area contributed by atoms with Gasteiger partial charge in [0.05, 0.1) is 17.9 Å². The van der Waals surface area contributed by atoms with Crippen LogP contribution in [-0.4, -0.2) is 22.0 Å². The Morgan fingerprint density at radius 1 is 1.40 bits per heavy atom. The number of rotatable bonds is 1. The fourth-order valence-corrected chi connectivity index (χ4v) is 4.01. The standard InChI is InChI=1S/C15H12N2O2S/c18-8-11-13-10-4-2-1-3-9(10)7-12(13)17(14(11)19)15-16-5-6-20-15/h1-6,8,12-13,18H,7H2/b11-8+. The molecule has 100 valence electrons. The van der Waals surface area contributed by atoms with Gasteiger partial charge in [-0.2, -0.15) is 0 Å². The smallest absolute Gasteiger partial charge is 0.260 e. The van der Waals surface area contributed by atoms with E-state index in [0.717, 1.165) is 18.2 Å². The lowest BCUT2D eigenvalue weighted by Gasteiger charge is -2.20. The molecule has 0 saturated carbocycles. The van der Waals surface area contributed by atoms with Gasteiger partial charge in [-0.05, 0) is 17.5 Å². The third-order valence-corrected chi connectivity index (χ3v) is 4.87. The Morgan fingerprint density at radius 3 is 3.00 bits per heavy atom. The zero-order chi connectivity index (χ0) is 13.7. The summed E-state index contributed by atoms with van der Waals surface area (Å²) < 4.78 is 0. The van der Waals surface area contributed by atoms with Crippen molar-refractivity contribution in [2.45, 2.75) is 18.4 Å². The first kappa shape index (κ1) is 11.7. The average Bonchev–Trinajstić information content (AvgIpc) is 3.13. The van der Waals surface area contributed by atoms with Crippen molar-refractivity contribution < 1.29 is 9.90 Å². The van der Waals surface area contributed by atoms with E-state index in [4.69, 9.17) is 0 Å². The van der Waals surface area contributed by atoms with Gasteiger partial charge in [0.1, 0.15) is 0 Å². The number of anilines is 1.